The zero-order valence-electron chi connectivity index (χ0n) is 11.0. The van der Waals surface area contributed by atoms with E-state index in [4.69, 9.17) is 10.3 Å². The van der Waals surface area contributed by atoms with E-state index in [1.54, 1.807) is 0 Å². The maximum Gasteiger partial charge on any atom is 0.441 e. The Bertz CT molecular complexity index is 351. The Morgan fingerprint density at radius 1 is 1.35 bits per heavy atom. The minimum atomic E-state index is -0.901. The molecule has 0 N–H and O–H groups in total. The lowest BCUT2D eigenvalue weighted by Gasteiger charge is -2.31. The van der Waals surface area contributed by atoms with Gasteiger partial charge in [0.2, 0.25) is 5.78 Å². The Morgan fingerprint density at radius 3 is 2.24 bits per heavy atom. The fourth-order valence-corrected chi connectivity index (χ4v) is 0.934. The first-order valence-corrected chi connectivity index (χ1v) is 5.31. The average Bonchev–Trinajstić information content (AvgIpc) is 2.16. The van der Waals surface area contributed by atoms with Crippen molar-refractivity contribution in [2.24, 2.45) is 0 Å². The van der Waals surface area contributed by atoms with Gasteiger partial charge in [-0.25, -0.2) is 4.79 Å². The molecule has 0 aliphatic rings. The molecular formula is C11H19N3O3. The number of ketones is 1. The molecule has 0 aromatic rings. The van der Waals surface area contributed by atoms with Crippen LogP contribution in [0.1, 0.15) is 27.7 Å². The van der Waals surface area contributed by atoms with Crippen molar-refractivity contribution < 1.29 is 19.1 Å². The van der Waals surface area contributed by atoms with Crippen LogP contribution in [-0.2, 0) is 14.3 Å². The van der Waals surface area contributed by atoms with Gasteiger partial charge in [-0.2, -0.15) is 4.79 Å². The van der Waals surface area contributed by atoms with Crippen molar-refractivity contribution in [1.82, 2.24) is 4.90 Å². The summed E-state index contributed by atoms with van der Waals surface area (Å²) >= 11 is 0. The van der Waals surface area contributed by atoms with Gasteiger partial charge in [-0.15, -0.1) is 0 Å². The number of likely N-dealkylation sites (N-methyl/N-ethyl adjacent to an activating group) is 1. The molecule has 0 aromatic carbocycles. The number of hydrogen-bond acceptors (Lipinski definition) is 4. The van der Waals surface area contributed by atoms with Gasteiger partial charge in [-0.05, 0) is 27.8 Å². The fraction of sp³-hybridized carbons (Fsp3) is 0.727. The van der Waals surface area contributed by atoms with Crippen molar-refractivity contribution in [3.05, 3.63) is 5.53 Å². The van der Waals surface area contributed by atoms with Gasteiger partial charge in [0, 0.05) is 19.0 Å². The third-order valence-electron chi connectivity index (χ3n) is 2.43. The molecule has 0 aromatic heterocycles. The zero-order chi connectivity index (χ0) is 13.6. The summed E-state index contributed by atoms with van der Waals surface area (Å²) in [7, 11) is 1.90. The van der Waals surface area contributed by atoms with Crippen LogP contribution in [-0.4, -0.2) is 52.9 Å². The molecule has 0 aliphatic carbocycles. The average molecular weight is 241 g/mol. The Balaban J connectivity index is 4.20. The van der Waals surface area contributed by atoms with E-state index in [0.29, 0.717) is 6.54 Å². The monoisotopic (exact) mass is 241 g/mol. The van der Waals surface area contributed by atoms with Crippen LogP contribution in [0.25, 0.3) is 5.53 Å². The van der Waals surface area contributed by atoms with E-state index < -0.39 is 17.5 Å². The Kier molecular flexibility index (Phi) is 5.71. The highest BCUT2D eigenvalue weighted by Gasteiger charge is 2.27. The van der Waals surface area contributed by atoms with Crippen molar-refractivity contribution in [2.45, 2.75) is 33.2 Å². The second-order valence-corrected chi connectivity index (χ2v) is 4.73. The first kappa shape index (κ1) is 15.5. The summed E-state index contributed by atoms with van der Waals surface area (Å²) in [5.41, 5.74) is 7.85. The Hall–Kier alpha value is -1.52. The first-order chi connectivity index (χ1) is 7.70. The molecule has 96 valence electrons. The molecule has 6 nitrogen and oxygen atoms in total. The van der Waals surface area contributed by atoms with Crippen LogP contribution < -0.4 is 0 Å². The van der Waals surface area contributed by atoms with Crippen LogP contribution in [0.15, 0.2) is 0 Å². The quantitative estimate of drug-likeness (QED) is 0.231. The number of Topliss-reactive ketones (excluding diaryl/α,β-unsaturated/α-hetero) is 1. The van der Waals surface area contributed by atoms with Crippen molar-refractivity contribution in [3.8, 4) is 0 Å². The largest absolute Gasteiger partial charge is 0.455 e. The van der Waals surface area contributed by atoms with Gasteiger partial charge >= 0.3 is 11.7 Å². The Labute approximate surface area is 101 Å². The second kappa shape index (κ2) is 6.27. The highest BCUT2D eigenvalue weighted by molar-refractivity contribution is 6.61. The molecule has 0 rings (SSSR count). The lowest BCUT2D eigenvalue weighted by molar-refractivity contribution is -0.142. The standard InChI is InChI=1S/C11H19N3O3/c1-8(15)9(13-12)10(16)17-7-6-14(5)11(2,3)4/h6-7H2,1-5H3. The smallest absolute Gasteiger partial charge is 0.441 e. The van der Waals surface area contributed by atoms with Gasteiger partial charge in [0.25, 0.3) is 0 Å². The van der Waals surface area contributed by atoms with E-state index in [-0.39, 0.29) is 12.1 Å². The van der Waals surface area contributed by atoms with Crippen molar-refractivity contribution in [2.75, 3.05) is 20.2 Å². The van der Waals surface area contributed by atoms with Gasteiger partial charge < -0.3 is 10.3 Å². The lowest BCUT2D eigenvalue weighted by atomic mass is 10.1. The molecule has 0 bridgehead atoms. The minimum absolute atomic E-state index is 0.0269. The van der Waals surface area contributed by atoms with Crippen LogP contribution in [0.2, 0.25) is 0 Å². The SMILES string of the molecule is CC(=O)C(=[N+]=[N-])C(=O)OCCN(C)C(C)(C)C. The maximum atomic E-state index is 11.3. The van der Waals surface area contributed by atoms with Crippen LogP contribution in [0.4, 0.5) is 0 Å². The number of nitrogens with zero attached hydrogens (tertiary/aromatic N) is 3. The summed E-state index contributed by atoms with van der Waals surface area (Å²) in [6, 6.07) is 0. The summed E-state index contributed by atoms with van der Waals surface area (Å²) in [5.74, 6) is -1.52. The third kappa shape index (κ3) is 5.38. The molecule has 0 unspecified atom stereocenters. The molecule has 17 heavy (non-hydrogen) atoms. The molecular weight excluding hydrogens is 222 g/mol. The van der Waals surface area contributed by atoms with E-state index in [1.165, 1.54) is 0 Å². The van der Waals surface area contributed by atoms with Crippen molar-refractivity contribution >= 4 is 17.5 Å². The highest BCUT2D eigenvalue weighted by Crippen LogP contribution is 2.09. The molecule has 0 saturated heterocycles. The minimum Gasteiger partial charge on any atom is -0.455 e. The summed E-state index contributed by atoms with van der Waals surface area (Å²) in [6.45, 7) is 7.91. The summed E-state index contributed by atoms with van der Waals surface area (Å²) in [6.07, 6.45) is 0. The van der Waals surface area contributed by atoms with Crippen LogP contribution in [0.5, 0.6) is 0 Å². The predicted octanol–water partition coefficient (Wildman–Crippen LogP) is 0.520. The number of carbonyl (C=O) groups excluding carboxylic acids is 2. The molecule has 0 fully saturated rings. The molecule has 0 heterocycles. The number of rotatable bonds is 5. The topological polar surface area (TPSA) is 83.0 Å². The molecule has 0 saturated carbocycles. The van der Waals surface area contributed by atoms with E-state index in [1.807, 2.05) is 32.7 Å². The van der Waals surface area contributed by atoms with Crippen LogP contribution >= 0.6 is 0 Å². The van der Waals surface area contributed by atoms with Crippen molar-refractivity contribution in [1.29, 1.82) is 0 Å². The molecule has 0 radical (unpaired) electrons. The molecule has 0 amide bonds. The second-order valence-electron chi connectivity index (χ2n) is 4.73. The van der Waals surface area contributed by atoms with E-state index in [9.17, 15) is 9.59 Å². The number of hydrogen-bond donors (Lipinski definition) is 0. The van der Waals surface area contributed by atoms with Gasteiger partial charge in [-0.3, -0.25) is 9.69 Å². The number of esters is 1. The predicted molar refractivity (Wildman–Crippen MR) is 62.6 cm³/mol. The lowest BCUT2D eigenvalue weighted by Crippen LogP contribution is -2.40. The van der Waals surface area contributed by atoms with Gasteiger partial charge in [0.15, 0.2) is 0 Å². The summed E-state index contributed by atoms with van der Waals surface area (Å²) < 4.78 is 4.83. The van der Waals surface area contributed by atoms with Crippen LogP contribution in [0.3, 0.4) is 0 Å². The summed E-state index contributed by atoms with van der Waals surface area (Å²) in [4.78, 5) is 26.8. The molecule has 0 spiro atoms. The van der Waals surface area contributed by atoms with Crippen LogP contribution in [0, 0.1) is 0 Å². The van der Waals surface area contributed by atoms with Gasteiger partial charge in [-0.1, -0.05) is 0 Å². The van der Waals surface area contributed by atoms with Gasteiger partial charge in [0.1, 0.15) is 6.61 Å². The van der Waals surface area contributed by atoms with E-state index in [0.717, 1.165) is 6.92 Å². The first-order valence-electron chi connectivity index (χ1n) is 5.31. The maximum absolute atomic E-state index is 11.3. The zero-order valence-corrected chi connectivity index (χ0v) is 11.0. The van der Waals surface area contributed by atoms with Gasteiger partial charge in [0.05, 0.1) is 0 Å². The van der Waals surface area contributed by atoms with Crippen molar-refractivity contribution in [3.63, 3.8) is 0 Å². The highest BCUT2D eigenvalue weighted by atomic mass is 16.5. The molecule has 0 aliphatic heterocycles. The van der Waals surface area contributed by atoms with E-state index in [2.05, 4.69) is 4.79 Å². The normalized spacial score (nSPS) is 10.9. The van der Waals surface area contributed by atoms with E-state index >= 15 is 0 Å². The molecule has 0 atom stereocenters. The summed E-state index contributed by atoms with van der Waals surface area (Å²) in [5, 5.41) is 0. The molecule has 6 heteroatoms. The fourth-order valence-electron chi connectivity index (χ4n) is 0.934. The third-order valence-corrected chi connectivity index (χ3v) is 2.43. The Morgan fingerprint density at radius 2 is 1.88 bits per heavy atom. The number of carbonyl (C=O) groups is 2. The number of ether oxygens (including phenoxy) is 1.